The molecule has 2 unspecified atom stereocenters. The molecule has 0 bridgehead atoms. The highest BCUT2D eigenvalue weighted by Gasteiger charge is 2.41. The van der Waals surface area contributed by atoms with E-state index in [1.165, 1.54) is 0 Å². The average Bonchev–Trinajstić information content (AvgIpc) is 2.36. The molecule has 0 spiro atoms. The molecule has 1 N–H and O–H groups in total. The summed E-state index contributed by atoms with van der Waals surface area (Å²) in [6.45, 7) is 9.62. The largest absolute Gasteiger partial charge is 0.343 e. The van der Waals surface area contributed by atoms with Gasteiger partial charge in [0.15, 0.2) is 0 Å². The Morgan fingerprint density at radius 1 is 1.20 bits per heavy atom. The fraction of sp³-hybridized carbons (Fsp3) is 0.500. The van der Waals surface area contributed by atoms with Gasteiger partial charge < -0.3 is 5.32 Å². The van der Waals surface area contributed by atoms with Crippen LogP contribution in [0, 0.1) is 19.8 Å². The lowest BCUT2D eigenvalue weighted by Crippen LogP contribution is -2.64. The van der Waals surface area contributed by atoms with Crippen LogP contribution in [0.1, 0.15) is 31.9 Å². The van der Waals surface area contributed by atoms with Gasteiger partial charge >= 0.3 is 0 Å². The van der Waals surface area contributed by atoms with Crippen LogP contribution >= 0.6 is 0 Å². The summed E-state index contributed by atoms with van der Waals surface area (Å²) in [5.74, 6) is -0.0589. The maximum atomic E-state index is 12.6. The number of hydrogen-bond acceptors (Lipinski definition) is 2. The summed E-state index contributed by atoms with van der Waals surface area (Å²) < 4.78 is 0. The Morgan fingerprint density at radius 2 is 1.85 bits per heavy atom. The summed E-state index contributed by atoms with van der Waals surface area (Å²) in [6.07, 6.45) is 0. The molecule has 0 saturated carbocycles. The normalized spacial score (nSPS) is 23.2. The van der Waals surface area contributed by atoms with Gasteiger partial charge in [-0.15, -0.1) is 0 Å². The fourth-order valence-corrected chi connectivity index (χ4v) is 2.67. The van der Waals surface area contributed by atoms with Crippen molar-refractivity contribution in [1.82, 2.24) is 5.32 Å². The van der Waals surface area contributed by atoms with Gasteiger partial charge in [-0.25, -0.2) is 0 Å². The summed E-state index contributed by atoms with van der Waals surface area (Å²) in [6, 6.07) is 5.07. The number of anilines is 1. The summed E-state index contributed by atoms with van der Waals surface area (Å²) >= 11 is 0. The average molecular weight is 274 g/mol. The predicted molar refractivity (Wildman–Crippen MR) is 79.6 cm³/mol. The minimum absolute atomic E-state index is 0.0444. The third-order valence-corrected chi connectivity index (χ3v) is 3.77. The highest BCUT2D eigenvalue weighted by molar-refractivity contribution is 6.08. The summed E-state index contributed by atoms with van der Waals surface area (Å²) in [7, 11) is 0. The van der Waals surface area contributed by atoms with E-state index >= 15 is 0 Å². The summed E-state index contributed by atoms with van der Waals surface area (Å²) in [5.41, 5.74) is 2.94. The molecule has 2 rings (SSSR count). The molecule has 20 heavy (non-hydrogen) atoms. The highest BCUT2D eigenvalue weighted by atomic mass is 16.2. The highest BCUT2D eigenvalue weighted by Crippen LogP contribution is 2.29. The van der Waals surface area contributed by atoms with E-state index in [2.05, 4.69) is 5.32 Å². The summed E-state index contributed by atoms with van der Waals surface area (Å²) in [5, 5.41) is 2.76. The first-order valence-electron chi connectivity index (χ1n) is 7.03. The smallest absolute Gasteiger partial charge is 0.250 e. The fourth-order valence-electron chi connectivity index (χ4n) is 2.67. The second-order valence-corrected chi connectivity index (χ2v) is 5.92. The van der Waals surface area contributed by atoms with Crippen LogP contribution < -0.4 is 10.2 Å². The lowest BCUT2D eigenvalue weighted by Gasteiger charge is -2.40. The van der Waals surface area contributed by atoms with Crippen LogP contribution in [0.2, 0.25) is 0 Å². The monoisotopic (exact) mass is 274 g/mol. The molecule has 2 amide bonds. The van der Waals surface area contributed by atoms with Crippen molar-refractivity contribution in [2.45, 2.75) is 46.7 Å². The zero-order chi connectivity index (χ0) is 15.0. The van der Waals surface area contributed by atoms with Crippen LogP contribution in [0.25, 0.3) is 0 Å². The van der Waals surface area contributed by atoms with Gasteiger partial charge in [0.25, 0.3) is 0 Å². The number of carbonyl (C=O) groups is 2. The Hall–Kier alpha value is -1.84. The first kappa shape index (κ1) is 14.6. The number of rotatable bonds is 2. The van der Waals surface area contributed by atoms with Gasteiger partial charge in [0.1, 0.15) is 12.1 Å². The van der Waals surface area contributed by atoms with E-state index in [1.807, 2.05) is 45.9 Å². The number of aryl methyl sites for hydroxylation is 2. The van der Waals surface area contributed by atoms with Crippen molar-refractivity contribution in [1.29, 1.82) is 0 Å². The van der Waals surface area contributed by atoms with Crippen molar-refractivity contribution >= 4 is 17.5 Å². The zero-order valence-electron chi connectivity index (χ0n) is 12.7. The predicted octanol–water partition coefficient (Wildman–Crippen LogP) is 2.18. The Balaban J connectivity index is 2.55. The van der Waals surface area contributed by atoms with Gasteiger partial charge in [0, 0.05) is 5.69 Å². The lowest BCUT2D eigenvalue weighted by molar-refractivity contribution is -0.134. The third-order valence-electron chi connectivity index (χ3n) is 3.77. The number of amides is 2. The van der Waals surface area contributed by atoms with E-state index in [9.17, 15) is 9.59 Å². The molecule has 2 atom stereocenters. The van der Waals surface area contributed by atoms with Gasteiger partial charge in [0.05, 0.1) is 0 Å². The van der Waals surface area contributed by atoms with E-state index < -0.39 is 12.1 Å². The van der Waals surface area contributed by atoms with Crippen molar-refractivity contribution in [3.63, 3.8) is 0 Å². The van der Waals surface area contributed by atoms with Crippen molar-refractivity contribution in [2.24, 2.45) is 5.92 Å². The molecule has 0 radical (unpaired) electrons. The Labute approximate surface area is 120 Å². The number of piperazine rings is 1. The molecule has 1 heterocycles. The second-order valence-electron chi connectivity index (χ2n) is 5.92. The SMILES string of the molecule is Cc1ccc(C)c(N2C(=O)C(C)NC(=O)C2C(C)C)c1. The zero-order valence-corrected chi connectivity index (χ0v) is 12.7. The molecule has 1 fully saturated rings. The van der Waals surface area contributed by atoms with Crippen molar-refractivity contribution < 1.29 is 9.59 Å². The molecule has 1 aromatic rings. The molecular formula is C16H22N2O2. The molecule has 1 aromatic carbocycles. The topological polar surface area (TPSA) is 49.4 Å². The van der Waals surface area contributed by atoms with Crippen LogP contribution in [-0.2, 0) is 9.59 Å². The molecule has 108 valence electrons. The minimum Gasteiger partial charge on any atom is -0.343 e. The summed E-state index contributed by atoms with van der Waals surface area (Å²) in [4.78, 5) is 26.5. The Morgan fingerprint density at radius 3 is 2.45 bits per heavy atom. The number of hydrogen-bond donors (Lipinski definition) is 1. The first-order valence-corrected chi connectivity index (χ1v) is 7.03. The van der Waals surface area contributed by atoms with E-state index in [0.717, 1.165) is 16.8 Å². The molecule has 1 saturated heterocycles. The van der Waals surface area contributed by atoms with Crippen LogP contribution in [-0.4, -0.2) is 23.9 Å². The lowest BCUT2D eigenvalue weighted by atomic mass is 9.95. The molecule has 4 heteroatoms. The van der Waals surface area contributed by atoms with Gasteiger partial charge in [-0.1, -0.05) is 26.0 Å². The van der Waals surface area contributed by atoms with Crippen LogP contribution in [0.3, 0.4) is 0 Å². The first-order chi connectivity index (χ1) is 9.32. The molecule has 4 nitrogen and oxygen atoms in total. The van der Waals surface area contributed by atoms with Crippen LogP contribution in [0.4, 0.5) is 5.69 Å². The van der Waals surface area contributed by atoms with Gasteiger partial charge in [-0.2, -0.15) is 0 Å². The quantitative estimate of drug-likeness (QED) is 0.898. The number of carbonyl (C=O) groups excluding carboxylic acids is 2. The van der Waals surface area contributed by atoms with Crippen LogP contribution in [0.5, 0.6) is 0 Å². The van der Waals surface area contributed by atoms with E-state index in [4.69, 9.17) is 0 Å². The molecule has 0 aromatic heterocycles. The number of nitrogens with one attached hydrogen (secondary N) is 1. The Bertz CT molecular complexity index is 551. The standard InChI is InChI=1S/C16H22N2O2/c1-9(2)14-15(19)17-12(5)16(20)18(14)13-8-10(3)6-7-11(13)4/h6-9,12,14H,1-5H3,(H,17,19). The Kier molecular flexibility index (Phi) is 3.84. The minimum atomic E-state index is -0.475. The van der Waals surface area contributed by atoms with Crippen molar-refractivity contribution in [3.05, 3.63) is 29.3 Å². The number of benzene rings is 1. The van der Waals surface area contributed by atoms with Gasteiger partial charge in [0.2, 0.25) is 11.8 Å². The van der Waals surface area contributed by atoms with Crippen molar-refractivity contribution in [2.75, 3.05) is 4.90 Å². The maximum Gasteiger partial charge on any atom is 0.250 e. The van der Waals surface area contributed by atoms with Crippen molar-refractivity contribution in [3.8, 4) is 0 Å². The maximum absolute atomic E-state index is 12.6. The van der Waals surface area contributed by atoms with Gasteiger partial charge in [-0.05, 0) is 43.9 Å². The van der Waals surface area contributed by atoms with Crippen LogP contribution in [0.15, 0.2) is 18.2 Å². The molecule has 1 aliphatic heterocycles. The number of nitrogens with zero attached hydrogens (tertiary/aromatic N) is 1. The molecule has 0 aliphatic carbocycles. The van der Waals surface area contributed by atoms with E-state index in [0.29, 0.717) is 0 Å². The third kappa shape index (κ3) is 2.42. The van der Waals surface area contributed by atoms with E-state index in [-0.39, 0.29) is 17.7 Å². The second kappa shape index (κ2) is 5.27. The molecular weight excluding hydrogens is 252 g/mol. The van der Waals surface area contributed by atoms with Gasteiger partial charge in [-0.3, -0.25) is 14.5 Å². The molecule has 1 aliphatic rings. The van der Waals surface area contributed by atoms with E-state index in [1.54, 1.807) is 11.8 Å².